The molecule has 122 valence electrons. The summed E-state index contributed by atoms with van der Waals surface area (Å²) < 4.78 is 32.4. The van der Waals surface area contributed by atoms with Gasteiger partial charge in [-0.05, 0) is 49.2 Å². The van der Waals surface area contributed by atoms with Crippen LogP contribution in [0.25, 0.3) is 0 Å². The Morgan fingerprint density at radius 1 is 1.22 bits per heavy atom. The molecule has 2 rings (SSSR count). The van der Waals surface area contributed by atoms with Gasteiger partial charge >= 0.3 is 0 Å². The highest BCUT2D eigenvalue weighted by molar-refractivity contribution is 6.30. The molecule has 2 aromatic carbocycles. The van der Waals surface area contributed by atoms with Crippen LogP contribution in [0.2, 0.25) is 5.02 Å². The zero-order valence-electron chi connectivity index (χ0n) is 12.5. The molecule has 0 bridgehead atoms. The Labute approximate surface area is 138 Å². The van der Waals surface area contributed by atoms with E-state index < -0.39 is 23.2 Å². The fourth-order valence-corrected chi connectivity index (χ4v) is 2.24. The summed E-state index contributed by atoms with van der Waals surface area (Å²) >= 11 is 5.85. The van der Waals surface area contributed by atoms with E-state index in [9.17, 15) is 13.6 Å². The first kappa shape index (κ1) is 17.2. The van der Waals surface area contributed by atoms with Gasteiger partial charge < -0.3 is 10.1 Å². The topological polar surface area (TPSA) is 38.3 Å². The summed E-state index contributed by atoms with van der Waals surface area (Å²) in [5, 5.41) is 2.86. The number of anilines is 1. The lowest BCUT2D eigenvalue weighted by molar-refractivity contribution is -0.116. The maximum Gasteiger partial charge on any atom is 0.224 e. The Hall–Kier alpha value is -2.14. The monoisotopic (exact) mass is 339 g/mol. The SMILES string of the molecule is Cc1cc(Cl)ccc1OCCCC(=O)Nc1c(F)cccc1F. The van der Waals surface area contributed by atoms with Gasteiger partial charge in [-0.15, -0.1) is 0 Å². The highest BCUT2D eigenvalue weighted by Gasteiger charge is 2.11. The van der Waals surface area contributed by atoms with Crippen molar-refractivity contribution in [3.8, 4) is 5.75 Å². The number of rotatable bonds is 6. The van der Waals surface area contributed by atoms with Crippen LogP contribution in [0.4, 0.5) is 14.5 Å². The largest absolute Gasteiger partial charge is 0.493 e. The molecule has 0 aromatic heterocycles. The standard InChI is InChI=1S/C17H16ClF2NO2/c1-11-10-12(18)7-8-15(11)23-9-3-6-16(22)21-17-13(19)4-2-5-14(17)20/h2,4-5,7-8,10H,3,6,9H2,1H3,(H,21,22). The number of carbonyl (C=O) groups excluding carboxylic acids is 1. The van der Waals surface area contributed by atoms with E-state index in [2.05, 4.69) is 5.32 Å². The number of hydrogen-bond acceptors (Lipinski definition) is 2. The van der Waals surface area contributed by atoms with Gasteiger partial charge in [0.15, 0.2) is 0 Å². The molecule has 1 N–H and O–H groups in total. The van der Waals surface area contributed by atoms with E-state index >= 15 is 0 Å². The minimum atomic E-state index is -0.800. The average Bonchev–Trinajstić information content (AvgIpc) is 2.49. The van der Waals surface area contributed by atoms with Crippen LogP contribution in [0, 0.1) is 18.6 Å². The molecule has 0 radical (unpaired) electrons. The van der Waals surface area contributed by atoms with E-state index in [4.69, 9.17) is 16.3 Å². The second-order valence-corrected chi connectivity index (χ2v) is 5.44. The lowest BCUT2D eigenvalue weighted by Crippen LogP contribution is -2.15. The summed E-state index contributed by atoms with van der Waals surface area (Å²) in [5.41, 5.74) is 0.474. The second-order valence-electron chi connectivity index (χ2n) is 5.01. The zero-order chi connectivity index (χ0) is 16.8. The second kappa shape index (κ2) is 7.92. The van der Waals surface area contributed by atoms with Crippen LogP contribution < -0.4 is 10.1 Å². The highest BCUT2D eigenvalue weighted by atomic mass is 35.5. The molecule has 23 heavy (non-hydrogen) atoms. The molecule has 2 aromatic rings. The van der Waals surface area contributed by atoms with Crippen LogP contribution >= 0.6 is 11.6 Å². The molecule has 0 aliphatic heterocycles. The minimum absolute atomic E-state index is 0.0976. The Morgan fingerprint density at radius 2 is 1.91 bits per heavy atom. The molecule has 6 heteroatoms. The fraction of sp³-hybridized carbons (Fsp3) is 0.235. The number of nitrogens with one attached hydrogen (secondary N) is 1. The quantitative estimate of drug-likeness (QED) is 0.773. The zero-order valence-corrected chi connectivity index (χ0v) is 13.3. The van der Waals surface area contributed by atoms with Crippen molar-refractivity contribution in [2.45, 2.75) is 19.8 Å². The summed E-state index contributed by atoms with van der Waals surface area (Å²) in [6.45, 7) is 2.19. The lowest BCUT2D eigenvalue weighted by Gasteiger charge is -2.10. The number of aryl methyl sites for hydroxylation is 1. The van der Waals surface area contributed by atoms with E-state index in [1.54, 1.807) is 18.2 Å². The minimum Gasteiger partial charge on any atom is -0.493 e. The summed E-state index contributed by atoms with van der Waals surface area (Å²) in [7, 11) is 0. The van der Waals surface area contributed by atoms with Gasteiger partial charge in [0.2, 0.25) is 5.91 Å². The van der Waals surface area contributed by atoms with E-state index in [-0.39, 0.29) is 6.42 Å². The van der Waals surface area contributed by atoms with Crippen molar-refractivity contribution in [1.29, 1.82) is 0 Å². The number of carbonyl (C=O) groups is 1. The molecule has 0 saturated heterocycles. The van der Waals surface area contributed by atoms with Gasteiger partial charge in [-0.2, -0.15) is 0 Å². The molecule has 0 aliphatic rings. The van der Waals surface area contributed by atoms with Crippen molar-refractivity contribution >= 4 is 23.2 Å². The van der Waals surface area contributed by atoms with Gasteiger partial charge in [0, 0.05) is 11.4 Å². The lowest BCUT2D eigenvalue weighted by atomic mass is 10.2. The first-order valence-electron chi connectivity index (χ1n) is 7.10. The van der Waals surface area contributed by atoms with Gasteiger partial charge in [-0.25, -0.2) is 8.78 Å². The maximum absolute atomic E-state index is 13.4. The normalized spacial score (nSPS) is 10.4. The number of amides is 1. The third kappa shape index (κ3) is 4.93. The molecule has 0 spiro atoms. The van der Waals surface area contributed by atoms with Crippen LogP contribution in [0.15, 0.2) is 36.4 Å². The van der Waals surface area contributed by atoms with E-state index in [1.807, 2.05) is 6.92 Å². The van der Waals surface area contributed by atoms with Crippen LogP contribution in [-0.4, -0.2) is 12.5 Å². The third-order valence-electron chi connectivity index (χ3n) is 3.17. The first-order chi connectivity index (χ1) is 11.0. The van der Waals surface area contributed by atoms with Crippen molar-refractivity contribution in [3.63, 3.8) is 0 Å². The fourth-order valence-electron chi connectivity index (χ4n) is 2.01. The third-order valence-corrected chi connectivity index (χ3v) is 3.40. The van der Waals surface area contributed by atoms with Gasteiger partial charge in [0.1, 0.15) is 23.1 Å². The summed E-state index contributed by atoms with van der Waals surface area (Å²) in [4.78, 5) is 11.7. The van der Waals surface area contributed by atoms with E-state index in [0.717, 1.165) is 17.7 Å². The van der Waals surface area contributed by atoms with Gasteiger partial charge in [-0.3, -0.25) is 4.79 Å². The average molecular weight is 340 g/mol. The molecular weight excluding hydrogens is 324 g/mol. The first-order valence-corrected chi connectivity index (χ1v) is 7.48. The summed E-state index contributed by atoms with van der Waals surface area (Å²) in [5.74, 6) is -1.38. The number of ether oxygens (including phenoxy) is 1. The van der Waals surface area contributed by atoms with Gasteiger partial charge in [0.25, 0.3) is 0 Å². The van der Waals surface area contributed by atoms with Crippen molar-refractivity contribution in [2.24, 2.45) is 0 Å². The number of para-hydroxylation sites is 1. The predicted octanol–water partition coefficient (Wildman–Crippen LogP) is 4.72. The molecule has 0 atom stereocenters. The highest BCUT2D eigenvalue weighted by Crippen LogP contribution is 2.22. The molecule has 0 aliphatic carbocycles. The molecular formula is C17H16ClF2NO2. The van der Waals surface area contributed by atoms with Crippen LogP contribution in [0.1, 0.15) is 18.4 Å². The molecule has 3 nitrogen and oxygen atoms in total. The molecule has 0 heterocycles. The molecule has 0 unspecified atom stereocenters. The van der Waals surface area contributed by atoms with Gasteiger partial charge in [-0.1, -0.05) is 17.7 Å². The maximum atomic E-state index is 13.4. The van der Waals surface area contributed by atoms with Crippen molar-refractivity contribution < 1.29 is 18.3 Å². The van der Waals surface area contributed by atoms with E-state index in [1.165, 1.54) is 6.07 Å². The van der Waals surface area contributed by atoms with Gasteiger partial charge in [0.05, 0.1) is 6.61 Å². The number of hydrogen-bond donors (Lipinski definition) is 1. The summed E-state index contributed by atoms with van der Waals surface area (Å²) in [6, 6.07) is 8.67. The molecule has 0 fully saturated rings. The number of benzene rings is 2. The Morgan fingerprint density at radius 3 is 2.57 bits per heavy atom. The summed E-state index contributed by atoms with van der Waals surface area (Å²) in [6.07, 6.45) is 0.518. The van der Waals surface area contributed by atoms with Crippen LogP contribution in [0.5, 0.6) is 5.75 Å². The Bertz CT molecular complexity index is 687. The Balaban J connectivity index is 1.79. The van der Waals surface area contributed by atoms with Crippen molar-refractivity contribution in [2.75, 3.05) is 11.9 Å². The van der Waals surface area contributed by atoms with Crippen molar-refractivity contribution in [3.05, 3.63) is 58.6 Å². The molecule has 1 amide bonds. The number of halogens is 3. The van der Waals surface area contributed by atoms with Crippen LogP contribution in [0.3, 0.4) is 0 Å². The van der Waals surface area contributed by atoms with E-state index in [0.29, 0.717) is 23.8 Å². The molecule has 0 saturated carbocycles. The van der Waals surface area contributed by atoms with Crippen LogP contribution in [-0.2, 0) is 4.79 Å². The smallest absolute Gasteiger partial charge is 0.224 e. The predicted molar refractivity (Wildman–Crippen MR) is 85.9 cm³/mol. The van der Waals surface area contributed by atoms with Crippen molar-refractivity contribution in [1.82, 2.24) is 0 Å². The Kier molecular flexibility index (Phi) is 5.93.